The van der Waals surface area contributed by atoms with Crippen molar-refractivity contribution < 1.29 is 9.59 Å². The van der Waals surface area contributed by atoms with Gasteiger partial charge in [0, 0.05) is 19.0 Å². The molecular formula is C18H25ClN2O2. The van der Waals surface area contributed by atoms with Crippen LogP contribution in [0.4, 0.5) is 0 Å². The molecule has 0 bridgehead atoms. The minimum absolute atomic E-state index is 0. The van der Waals surface area contributed by atoms with Crippen LogP contribution in [0.15, 0.2) is 24.3 Å². The van der Waals surface area contributed by atoms with E-state index in [4.69, 9.17) is 0 Å². The third-order valence-electron chi connectivity index (χ3n) is 5.32. The second-order valence-electron chi connectivity index (χ2n) is 6.89. The lowest BCUT2D eigenvalue weighted by molar-refractivity contribution is -0.140. The molecule has 2 amide bonds. The molecule has 2 aliphatic rings. The maximum absolute atomic E-state index is 13.1. The van der Waals surface area contributed by atoms with Crippen LogP contribution in [0.3, 0.4) is 0 Å². The Labute approximate surface area is 144 Å². The van der Waals surface area contributed by atoms with E-state index in [9.17, 15) is 9.59 Å². The van der Waals surface area contributed by atoms with Gasteiger partial charge in [-0.25, -0.2) is 0 Å². The molecule has 1 fully saturated rings. The topological polar surface area (TPSA) is 40.6 Å². The molecule has 1 spiro atoms. The van der Waals surface area contributed by atoms with Crippen LogP contribution in [0, 0.1) is 0 Å². The molecule has 0 saturated carbocycles. The lowest BCUT2D eigenvalue weighted by Crippen LogP contribution is -2.45. The summed E-state index contributed by atoms with van der Waals surface area (Å²) >= 11 is 0. The van der Waals surface area contributed by atoms with Crippen LogP contribution in [0.2, 0.25) is 0 Å². The fourth-order valence-corrected chi connectivity index (χ4v) is 3.74. The number of fused-ring (bicyclic) bond motifs is 2. The predicted molar refractivity (Wildman–Crippen MR) is 92.8 cm³/mol. The summed E-state index contributed by atoms with van der Waals surface area (Å²) in [5.74, 6) is -0.00578. The summed E-state index contributed by atoms with van der Waals surface area (Å²) in [6.45, 7) is 2.52. The molecule has 1 saturated heterocycles. The molecule has 3 rings (SSSR count). The number of hydrogen-bond acceptors (Lipinski definition) is 3. The highest BCUT2D eigenvalue weighted by atomic mass is 35.5. The van der Waals surface area contributed by atoms with Crippen molar-refractivity contribution in [3.05, 3.63) is 35.4 Å². The second-order valence-corrected chi connectivity index (χ2v) is 6.89. The first-order valence-corrected chi connectivity index (χ1v) is 8.05. The number of halogens is 1. The molecule has 0 aromatic heterocycles. The molecule has 23 heavy (non-hydrogen) atoms. The minimum Gasteiger partial charge on any atom is -0.305 e. The van der Waals surface area contributed by atoms with E-state index in [1.54, 1.807) is 0 Å². The van der Waals surface area contributed by atoms with E-state index in [0.717, 1.165) is 24.8 Å². The molecule has 1 aromatic carbocycles. The van der Waals surface area contributed by atoms with Gasteiger partial charge in [-0.05, 0) is 51.4 Å². The number of hydrogen-bond donors (Lipinski definition) is 0. The Morgan fingerprint density at radius 3 is 2.65 bits per heavy atom. The van der Waals surface area contributed by atoms with Crippen LogP contribution >= 0.6 is 12.4 Å². The maximum Gasteiger partial charge on any atom is 0.240 e. The molecule has 1 heterocycles. The number of carbonyl (C=O) groups is 2. The van der Waals surface area contributed by atoms with Gasteiger partial charge in [0.2, 0.25) is 11.8 Å². The summed E-state index contributed by atoms with van der Waals surface area (Å²) < 4.78 is 0. The number of nitrogens with zero attached hydrogens (tertiary/aromatic N) is 2. The van der Waals surface area contributed by atoms with Crippen LogP contribution in [0.1, 0.15) is 37.3 Å². The van der Waals surface area contributed by atoms with Crippen molar-refractivity contribution in [2.24, 2.45) is 0 Å². The molecule has 1 aliphatic heterocycles. The molecule has 126 valence electrons. The number of benzene rings is 1. The molecule has 2 atom stereocenters. The van der Waals surface area contributed by atoms with Gasteiger partial charge in [-0.2, -0.15) is 0 Å². The van der Waals surface area contributed by atoms with E-state index in [1.165, 1.54) is 10.5 Å². The number of aryl methyl sites for hydroxylation is 1. The first-order valence-electron chi connectivity index (χ1n) is 8.05. The number of carbonyl (C=O) groups excluding carboxylic acids is 2. The molecular weight excluding hydrogens is 312 g/mol. The SMILES string of the molecule is CC(CN1C(=O)CC2(CCCc3ccccc32)C1=O)N(C)C.Cl. The van der Waals surface area contributed by atoms with Gasteiger partial charge in [-0.15, -0.1) is 12.4 Å². The van der Waals surface area contributed by atoms with Crippen molar-refractivity contribution in [1.29, 1.82) is 0 Å². The smallest absolute Gasteiger partial charge is 0.240 e. The quantitative estimate of drug-likeness (QED) is 0.796. The molecule has 0 N–H and O–H groups in total. The average molecular weight is 337 g/mol. The Balaban J connectivity index is 0.00000192. The highest BCUT2D eigenvalue weighted by Gasteiger charge is 2.54. The fourth-order valence-electron chi connectivity index (χ4n) is 3.74. The number of likely N-dealkylation sites (N-methyl/N-ethyl adjacent to an activating group) is 1. The van der Waals surface area contributed by atoms with Crippen LogP contribution in [-0.4, -0.2) is 48.3 Å². The van der Waals surface area contributed by atoms with E-state index >= 15 is 0 Å². The first-order chi connectivity index (χ1) is 10.5. The van der Waals surface area contributed by atoms with Gasteiger partial charge < -0.3 is 4.90 Å². The first kappa shape index (κ1) is 18.0. The van der Waals surface area contributed by atoms with Crippen molar-refractivity contribution >= 4 is 24.2 Å². The van der Waals surface area contributed by atoms with Gasteiger partial charge in [-0.3, -0.25) is 14.5 Å². The standard InChI is InChI=1S/C18H24N2O2.ClH/c1-13(19(2)3)12-20-16(21)11-18(17(20)22)10-6-8-14-7-4-5-9-15(14)18;/h4-5,7,9,13H,6,8,10-12H2,1-3H3;1H. The zero-order chi connectivity index (χ0) is 15.9. The van der Waals surface area contributed by atoms with Gasteiger partial charge in [-0.1, -0.05) is 24.3 Å². The van der Waals surface area contributed by atoms with Crippen molar-refractivity contribution in [3.8, 4) is 0 Å². The Hall–Kier alpha value is -1.39. The molecule has 1 aliphatic carbocycles. The van der Waals surface area contributed by atoms with Gasteiger partial charge in [0.15, 0.2) is 0 Å². The van der Waals surface area contributed by atoms with Gasteiger partial charge in [0.25, 0.3) is 0 Å². The van der Waals surface area contributed by atoms with Gasteiger partial charge in [0.05, 0.1) is 5.41 Å². The van der Waals surface area contributed by atoms with E-state index < -0.39 is 5.41 Å². The summed E-state index contributed by atoms with van der Waals surface area (Å²) in [5.41, 5.74) is 1.72. The van der Waals surface area contributed by atoms with Crippen molar-refractivity contribution in [2.45, 2.75) is 44.1 Å². The van der Waals surface area contributed by atoms with Gasteiger partial charge >= 0.3 is 0 Å². The Morgan fingerprint density at radius 2 is 1.96 bits per heavy atom. The zero-order valence-electron chi connectivity index (χ0n) is 14.0. The highest BCUT2D eigenvalue weighted by molar-refractivity contribution is 6.09. The zero-order valence-corrected chi connectivity index (χ0v) is 14.9. The predicted octanol–water partition coefficient (Wildman–Crippen LogP) is 2.39. The normalized spacial score (nSPS) is 24.8. The van der Waals surface area contributed by atoms with E-state index in [-0.39, 0.29) is 30.3 Å². The summed E-state index contributed by atoms with van der Waals surface area (Å²) in [4.78, 5) is 29.1. The largest absolute Gasteiger partial charge is 0.305 e. The highest BCUT2D eigenvalue weighted by Crippen LogP contribution is 2.45. The number of rotatable bonds is 3. The minimum atomic E-state index is -0.599. The number of imide groups is 1. The van der Waals surface area contributed by atoms with E-state index in [1.807, 2.05) is 44.1 Å². The van der Waals surface area contributed by atoms with Crippen molar-refractivity contribution in [2.75, 3.05) is 20.6 Å². The van der Waals surface area contributed by atoms with Crippen molar-refractivity contribution in [3.63, 3.8) is 0 Å². The third-order valence-corrected chi connectivity index (χ3v) is 5.32. The molecule has 4 nitrogen and oxygen atoms in total. The summed E-state index contributed by atoms with van der Waals surface area (Å²) in [5, 5.41) is 0. The molecule has 1 aromatic rings. The lowest BCUT2D eigenvalue weighted by Gasteiger charge is -2.34. The Morgan fingerprint density at radius 1 is 1.26 bits per heavy atom. The lowest BCUT2D eigenvalue weighted by atomic mass is 9.69. The van der Waals surface area contributed by atoms with Crippen LogP contribution in [0.25, 0.3) is 0 Å². The number of amides is 2. The molecule has 2 unspecified atom stereocenters. The summed E-state index contributed by atoms with van der Waals surface area (Å²) in [6.07, 6.45) is 3.12. The van der Waals surface area contributed by atoms with E-state index in [2.05, 4.69) is 6.07 Å². The maximum atomic E-state index is 13.1. The van der Waals surface area contributed by atoms with Crippen LogP contribution < -0.4 is 0 Å². The summed E-state index contributed by atoms with van der Waals surface area (Å²) in [6, 6.07) is 8.30. The van der Waals surface area contributed by atoms with Crippen LogP contribution in [0.5, 0.6) is 0 Å². The van der Waals surface area contributed by atoms with Crippen molar-refractivity contribution in [1.82, 2.24) is 9.80 Å². The number of likely N-dealkylation sites (tertiary alicyclic amines) is 1. The third kappa shape index (κ3) is 2.90. The summed E-state index contributed by atoms with van der Waals surface area (Å²) in [7, 11) is 3.95. The Kier molecular flexibility index (Phi) is 5.17. The van der Waals surface area contributed by atoms with Gasteiger partial charge in [0.1, 0.15) is 0 Å². The van der Waals surface area contributed by atoms with E-state index in [0.29, 0.717) is 13.0 Å². The molecule has 5 heteroatoms. The second kappa shape index (κ2) is 6.62. The monoisotopic (exact) mass is 336 g/mol. The molecule has 0 radical (unpaired) electrons. The average Bonchev–Trinajstić information content (AvgIpc) is 2.73. The Bertz CT molecular complexity index is 617. The van der Waals surface area contributed by atoms with Crippen LogP contribution in [-0.2, 0) is 21.4 Å². The fraction of sp³-hybridized carbons (Fsp3) is 0.556.